The van der Waals surface area contributed by atoms with Crippen molar-refractivity contribution in [3.8, 4) is 0 Å². The molecule has 1 aromatic rings. The van der Waals surface area contributed by atoms with Gasteiger partial charge in [-0.3, -0.25) is 19.3 Å². The molecule has 0 aliphatic carbocycles. The molecule has 2 N–H and O–H groups in total. The molecule has 24 heavy (non-hydrogen) atoms. The lowest BCUT2D eigenvalue weighted by Gasteiger charge is -2.33. The van der Waals surface area contributed by atoms with E-state index in [0.29, 0.717) is 13.1 Å². The van der Waals surface area contributed by atoms with Crippen LogP contribution >= 0.6 is 11.6 Å². The van der Waals surface area contributed by atoms with Crippen molar-refractivity contribution in [1.82, 2.24) is 10.2 Å². The van der Waals surface area contributed by atoms with Gasteiger partial charge in [0.25, 0.3) is 0 Å². The average Bonchev–Trinajstić information content (AvgIpc) is 2.53. The van der Waals surface area contributed by atoms with Crippen molar-refractivity contribution in [2.45, 2.75) is 12.5 Å². The standard InChI is InChI=1S/C15H17ClFN3O4/c1-24-14(22)7-12-15(23)18-4-5-20(12)8-13(21)19-11-3-2-9(17)6-10(11)16/h2-3,6,12H,4-5,7-8H2,1H3,(H,18,23)(H,19,21)/t12-/m0/s1. The monoisotopic (exact) mass is 357 g/mol. The van der Waals surface area contributed by atoms with Gasteiger partial charge >= 0.3 is 5.97 Å². The highest BCUT2D eigenvalue weighted by Crippen LogP contribution is 2.22. The van der Waals surface area contributed by atoms with Crippen LogP contribution in [0.25, 0.3) is 0 Å². The van der Waals surface area contributed by atoms with E-state index in [2.05, 4.69) is 15.4 Å². The van der Waals surface area contributed by atoms with Crippen molar-refractivity contribution >= 4 is 35.1 Å². The Kier molecular flexibility index (Phi) is 6.10. The third kappa shape index (κ3) is 4.65. The van der Waals surface area contributed by atoms with Gasteiger partial charge in [0.15, 0.2) is 0 Å². The summed E-state index contributed by atoms with van der Waals surface area (Å²) < 4.78 is 17.6. The molecule has 0 radical (unpaired) electrons. The molecular weight excluding hydrogens is 341 g/mol. The number of carbonyl (C=O) groups excluding carboxylic acids is 3. The molecule has 1 saturated heterocycles. The molecule has 2 rings (SSSR count). The van der Waals surface area contributed by atoms with E-state index in [4.69, 9.17) is 11.6 Å². The number of rotatable bonds is 5. The number of benzene rings is 1. The maximum atomic E-state index is 13.0. The minimum atomic E-state index is -0.777. The maximum absolute atomic E-state index is 13.0. The number of hydrogen-bond donors (Lipinski definition) is 2. The van der Waals surface area contributed by atoms with Gasteiger partial charge in [0, 0.05) is 13.1 Å². The summed E-state index contributed by atoms with van der Waals surface area (Å²) in [4.78, 5) is 37.1. The second-order valence-corrected chi connectivity index (χ2v) is 5.64. The molecule has 0 aromatic heterocycles. The molecule has 7 nitrogen and oxygen atoms in total. The number of halogens is 2. The lowest BCUT2D eigenvalue weighted by atomic mass is 10.1. The summed E-state index contributed by atoms with van der Waals surface area (Å²) in [5, 5.41) is 5.28. The summed E-state index contributed by atoms with van der Waals surface area (Å²) in [7, 11) is 1.23. The topological polar surface area (TPSA) is 87.7 Å². The molecule has 0 unspecified atom stereocenters. The number of amides is 2. The highest BCUT2D eigenvalue weighted by Gasteiger charge is 2.33. The number of carbonyl (C=O) groups is 3. The summed E-state index contributed by atoms with van der Waals surface area (Å²) in [5.41, 5.74) is 0.272. The number of hydrogen-bond acceptors (Lipinski definition) is 5. The molecule has 1 aromatic carbocycles. The van der Waals surface area contributed by atoms with Gasteiger partial charge in [0.1, 0.15) is 11.9 Å². The molecule has 130 valence electrons. The van der Waals surface area contributed by atoms with Crippen LogP contribution in [0.1, 0.15) is 6.42 Å². The summed E-state index contributed by atoms with van der Waals surface area (Å²) in [6, 6.07) is 2.84. The van der Waals surface area contributed by atoms with Crippen LogP contribution in [0.15, 0.2) is 18.2 Å². The predicted molar refractivity (Wildman–Crippen MR) is 85.0 cm³/mol. The van der Waals surface area contributed by atoms with Crippen molar-refractivity contribution in [2.24, 2.45) is 0 Å². The number of methoxy groups -OCH3 is 1. The third-order valence-corrected chi connectivity index (χ3v) is 3.89. The van der Waals surface area contributed by atoms with Gasteiger partial charge in [-0.2, -0.15) is 0 Å². The van der Waals surface area contributed by atoms with Gasteiger partial charge in [-0.1, -0.05) is 11.6 Å². The maximum Gasteiger partial charge on any atom is 0.307 e. The van der Waals surface area contributed by atoms with Crippen molar-refractivity contribution in [3.05, 3.63) is 29.0 Å². The van der Waals surface area contributed by atoms with E-state index in [1.54, 1.807) is 4.90 Å². The Morgan fingerprint density at radius 3 is 2.92 bits per heavy atom. The number of anilines is 1. The van der Waals surface area contributed by atoms with Gasteiger partial charge in [-0.15, -0.1) is 0 Å². The number of esters is 1. The van der Waals surface area contributed by atoms with Crippen LogP contribution in [-0.4, -0.2) is 55.5 Å². The fourth-order valence-corrected chi connectivity index (χ4v) is 2.59. The van der Waals surface area contributed by atoms with Crippen LogP contribution in [-0.2, 0) is 19.1 Å². The highest BCUT2D eigenvalue weighted by molar-refractivity contribution is 6.33. The normalized spacial score (nSPS) is 18.0. The van der Waals surface area contributed by atoms with Crippen molar-refractivity contribution in [2.75, 3.05) is 32.1 Å². The fraction of sp³-hybridized carbons (Fsp3) is 0.400. The molecule has 0 saturated carbocycles. The Labute approximate surface area is 143 Å². The van der Waals surface area contributed by atoms with E-state index in [1.165, 1.54) is 19.2 Å². The van der Waals surface area contributed by atoms with Crippen LogP contribution in [0.4, 0.5) is 10.1 Å². The molecular formula is C15H17ClFN3O4. The minimum Gasteiger partial charge on any atom is -0.469 e. The van der Waals surface area contributed by atoms with E-state index in [1.807, 2.05) is 0 Å². The van der Waals surface area contributed by atoms with E-state index in [0.717, 1.165) is 6.07 Å². The fourth-order valence-electron chi connectivity index (χ4n) is 2.38. The minimum absolute atomic E-state index is 0.0749. The molecule has 9 heteroatoms. The highest BCUT2D eigenvalue weighted by atomic mass is 35.5. The van der Waals surface area contributed by atoms with Gasteiger partial charge < -0.3 is 15.4 Å². The molecule has 0 bridgehead atoms. The first kappa shape index (κ1) is 18.2. The number of ether oxygens (including phenoxy) is 1. The Balaban J connectivity index is 2.02. The van der Waals surface area contributed by atoms with Gasteiger partial charge in [-0.05, 0) is 18.2 Å². The second kappa shape index (κ2) is 8.07. The van der Waals surface area contributed by atoms with E-state index in [9.17, 15) is 18.8 Å². The smallest absolute Gasteiger partial charge is 0.307 e. The van der Waals surface area contributed by atoms with Crippen molar-refractivity contribution < 1.29 is 23.5 Å². The van der Waals surface area contributed by atoms with Crippen LogP contribution in [0.5, 0.6) is 0 Å². The number of nitrogens with one attached hydrogen (secondary N) is 2. The molecule has 1 aliphatic heterocycles. The summed E-state index contributed by atoms with van der Waals surface area (Å²) in [5.74, 6) is -1.81. The SMILES string of the molecule is COC(=O)C[C@H]1C(=O)NCCN1CC(=O)Nc1ccc(F)cc1Cl. The lowest BCUT2D eigenvalue weighted by Crippen LogP contribution is -2.57. The Hall–Kier alpha value is -2.19. The lowest BCUT2D eigenvalue weighted by molar-refractivity contribution is -0.146. The molecule has 1 heterocycles. The largest absolute Gasteiger partial charge is 0.469 e. The van der Waals surface area contributed by atoms with Gasteiger partial charge in [0.2, 0.25) is 11.8 Å². The first-order valence-corrected chi connectivity index (χ1v) is 7.62. The van der Waals surface area contributed by atoms with Gasteiger partial charge in [-0.25, -0.2) is 4.39 Å². The third-order valence-electron chi connectivity index (χ3n) is 3.58. The summed E-state index contributed by atoms with van der Waals surface area (Å²) in [6.45, 7) is 0.682. The zero-order valence-corrected chi connectivity index (χ0v) is 13.7. The summed E-state index contributed by atoms with van der Waals surface area (Å²) in [6.07, 6.45) is -0.146. The number of nitrogens with zero attached hydrogens (tertiary/aromatic N) is 1. The number of piperazine rings is 1. The van der Waals surface area contributed by atoms with E-state index >= 15 is 0 Å². The van der Waals surface area contributed by atoms with Gasteiger partial charge in [0.05, 0.1) is 30.8 Å². The molecule has 2 amide bonds. The van der Waals surface area contributed by atoms with Crippen LogP contribution < -0.4 is 10.6 Å². The second-order valence-electron chi connectivity index (χ2n) is 5.23. The van der Waals surface area contributed by atoms with Crippen molar-refractivity contribution in [3.63, 3.8) is 0 Å². The predicted octanol–water partition coefficient (Wildman–Crippen LogP) is 0.781. The van der Waals surface area contributed by atoms with Crippen LogP contribution in [0.3, 0.4) is 0 Å². The Morgan fingerprint density at radius 2 is 2.25 bits per heavy atom. The van der Waals surface area contributed by atoms with Crippen LogP contribution in [0.2, 0.25) is 5.02 Å². The van der Waals surface area contributed by atoms with E-state index in [-0.39, 0.29) is 29.6 Å². The molecule has 1 fully saturated rings. The zero-order valence-electron chi connectivity index (χ0n) is 13.0. The molecule has 0 spiro atoms. The molecule has 1 atom stereocenters. The summed E-state index contributed by atoms with van der Waals surface area (Å²) >= 11 is 5.86. The first-order chi connectivity index (χ1) is 11.4. The zero-order chi connectivity index (χ0) is 17.7. The Morgan fingerprint density at radius 1 is 1.50 bits per heavy atom. The Bertz CT molecular complexity index is 656. The first-order valence-electron chi connectivity index (χ1n) is 7.24. The van der Waals surface area contributed by atoms with Crippen LogP contribution in [0, 0.1) is 5.82 Å². The average molecular weight is 358 g/mol. The molecule has 1 aliphatic rings. The quantitative estimate of drug-likeness (QED) is 0.760. The van der Waals surface area contributed by atoms with E-state index < -0.39 is 23.7 Å². The van der Waals surface area contributed by atoms with Crippen molar-refractivity contribution in [1.29, 1.82) is 0 Å².